The summed E-state index contributed by atoms with van der Waals surface area (Å²) < 4.78 is 11.1. The molecule has 1 heterocycles. The molecule has 0 atom stereocenters. The number of carbonyl (C=O) groups excluding carboxylic acids is 1. The van der Waals surface area contributed by atoms with E-state index in [9.17, 15) is 4.79 Å². The van der Waals surface area contributed by atoms with Crippen molar-refractivity contribution in [1.29, 1.82) is 0 Å². The number of rotatable bonds is 9. The maximum Gasteiger partial charge on any atom is 0.411 e. The maximum atomic E-state index is 12.0. The van der Waals surface area contributed by atoms with Crippen LogP contribution in [-0.2, 0) is 4.74 Å². The topological polar surface area (TPSA) is 50.8 Å². The van der Waals surface area contributed by atoms with E-state index in [-0.39, 0.29) is 0 Å². The number of amides is 1. The van der Waals surface area contributed by atoms with Gasteiger partial charge in [0.1, 0.15) is 12.4 Å². The number of ether oxygens (including phenoxy) is 2. The molecule has 5 heteroatoms. The summed E-state index contributed by atoms with van der Waals surface area (Å²) in [6.45, 7) is 6.28. The number of likely N-dealkylation sites (tertiary alicyclic amines) is 1. The van der Waals surface area contributed by atoms with Crippen LogP contribution in [0.1, 0.15) is 51.9 Å². The molecule has 0 aliphatic carbocycles. The lowest BCUT2D eigenvalue weighted by atomic mass is 10.2. The quantitative estimate of drug-likeness (QED) is 0.658. The fourth-order valence-corrected chi connectivity index (χ4v) is 3.00. The third-order valence-electron chi connectivity index (χ3n) is 4.47. The van der Waals surface area contributed by atoms with E-state index in [1.54, 1.807) is 0 Å². The van der Waals surface area contributed by atoms with Crippen LogP contribution >= 0.6 is 0 Å². The van der Waals surface area contributed by atoms with Crippen LogP contribution in [0.3, 0.4) is 0 Å². The Balaban J connectivity index is 1.72. The second-order valence-electron chi connectivity index (χ2n) is 6.57. The van der Waals surface area contributed by atoms with Crippen molar-refractivity contribution in [2.24, 2.45) is 0 Å². The molecule has 1 aromatic carbocycles. The monoisotopic (exact) mass is 348 g/mol. The van der Waals surface area contributed by atoms with Crippen LogP contribution in [0.4, 0.5) is 10.5 Å². The summed E-state index contributed by atoms with van der Waals surface area (Å²) in [4.78, 5) is 14.4. The molecule has 1 fully saturated rings. The minimum atomic E-state index is -0.417. The van der Waals surface area contributed by atoms with Gasteiger partial charge >= 0.3 is 6.09 Å². The molecule has 1 aliphatic rings. The first-order valence-electron chi connectivity index (χ1n) is 9.67. The van der Waals surface area contributed by atoms with Crippen LogP contribution < -0.4 is 10.1 Å². The molecule has 140 valence electrons. The lowest BCUT2D eigenvalue weighted by Gasteiger charge is -2.19. The Hall–Kier alpha value is -1.75. The Kier molecular flexibility index (Phi) is 9.19. The van der Waals surface area contributed by atoms with Gasteiger partial charge in [0.25, 0.3) is 0 Å². The van der Waals surface area contributed by atoms with Crippen molar-refractivity contribution >= 4 is 11.8 Å². The van der Waals surface area contributed by atoms with Crippen molar-refractivity contribution in [2.45, 2.75) is 51.9 Å². The highest BCUT2D eigenvalue weighted by Crippen LogP contribution is 2.24. The Labute approximate surface area is 151 Å². The van der Waals surface area contributed by atoms with E-state index < -0.39 is 6.09 Å². The minimum absolute atomic E-state index is 0.417. The van der Waals surface area contributed by atoms with Crippen LogP contribution in [-0.4, -0.2) is 43.8 Å². The predicted octanol–water partition coefficient (Wildman–Crippen LogP) is 4.68. The number of nitrogens with one attached hydrogen (secondary N) is 1. The average molecular weight is 348 g/mol. The summed E-state index contributed by atoms with van der Waals surface area (Å²) >= 11 is 0. The van der Waals surface area contributed by atoms with Gasteiger partial charge in [0, 0.05) is 6.54 Å². The SMILES string of the molecule is CCCCCOc1ccccc1NC(=O)OCCN1CCCCCC1. The lowest BCUT2D eigenvalue weighted by molar-refractivity contribution is 0.140. The summed E-state index contributed by atoms with van der Waals surface area (Å²) in [6, 6.07) is 7.50. The Morgan fingerprint density at radius 2 is 1.84 bits per heavy atom. The van der Waals surface area contributed by atoms with Gasteiger partial charge in [-0.1, -0.05) is 44.7 Å². The molecule has 1 aromatic rings. The number of hydrogen-bond donors (Lipinski definition) is 1. The molecule has 0 unspecified atom stereocenters. The fraction of sp³-hybridized carbons (Fsp3) is 0.650. The van der Waals surface area contributed by atoms with Gasteiger partial charge in [0.15, 0.2) is 0 Å². The first-order chi connectivity index (χ1) is 12.3. The molecule has 0 saturated carbocycles. The molecule has 0 aromatic heterocycles. The van der Waals surface area contributed by atoms with Gasteiger partial charge in [-0.2, -0.15) is 0 Å². The van der Waals surface area contributed by atoms with Gasteiger partial charge in [0.2, 0.25) is 0 Å². The molecule has 1 aliphatic heterocycles. The van der Waals surface area contributed by atoms with Crippen molar-refractivity contribution in [3.05, 3.63) is 24.3 Å². The molecule has 5 nitrogen and oxygen atoms in total. The van der Waals surface area contributed by atoms with E-state index in [4.69, 9.17) is 9.47 Å². The number of para-hydroxylation sites is 2. The van der Waals surface area contributed by atoms with Crippen LogP contribution in [0.2, 0.25) is 0 Å². The molecular formula is C20H32N2O3. The number of unbranched alkanes of at least 4 members (excludes halogenated alkanes) is 2. The zero-order chi connectivity index (χ0) is 17.7. The van der Waals surface area contributed by atoms with Crippen molar-refractivity contribution in [2.75, 3.05) is 38.2 Å². The van der Waals surface area contributed by atoms with E-state index in [1.165, 1.54) is 25.7 Å². The number of nitrogens with zero attached hydrogens (tertiary/aromatic N) is 1. The van der Waals surface area contributed by atoms with Crippen LogP contribution in [0.25, 0.3) is 0 Å². The Morgan fingerprint density at radius 1 is 1.08 bits per heavy atom. The molecular weight excluding hydrogens is 316 g/mol. The largest absolute Gasteiger partial charge is 0.491 e. The highest BCUT2D eigenvalue weighted by Gasteiger charge is 2.11. The Bertz CT molecular complexity index is 499. The molecule has 1 saturated heterocycles. The first-order valence-corrected chi connectivity index (χ1v) is 9.67. The molecule has 1 N–H and O–H groups in total. The fourth-order valence-electron chi connectivity index (χ4n) is 3.00. The first kappa shape index (κ1) is 19.6. The van der Waals surface area contributed by atoms with Gasteiger partial charge < -0.3 is 9.47 Å². The van der Waals surface area contributed by atoms with Crippen molar-refractivity contribution < 1.29 is 14.3 Å². The predicted molar refractivity (Wildman–Crippen MR) is 101 cm³/mol. The van der Waals surface area contributed by atoms with Crippen LogP contribution in [0, 0.1) is 0 Å². The highest BCUT2D eigenvalue weighted by molar-refractivity contribution is 5.86. The molecule has 25 heavy (non-hydrogen) atoms. The molecule has 0 bridgehead atoms. The lowest BCUT2D eigenvalue weighted by Crippen LogP contribution is -2.30. The second-order valence-corrected chi connectivity index (χ2v) is 6.57. The van der Waals surface area contributed by atoms with Gasteiger partial charge in [-0.25, -0.2) is 4.79 Å². The third kappa shape index (κ3) is 7.78. The number of anilines is 1. The number of hydrogen-bond acceptors (Lipinski definition) is 4. The van der Waals surface area contributed by atoms with E-state index in [2.05, 4.69) is 17.1 Å². The van der Waals surface area contributed by atoms with E-state index in [0.717, 1.165) is 38.9 Å². The standard InChI is InChI=1S/C20H32N2O3/c1-2-3-10-16-24-19-12-7-6-11-18(19)21-20(23)25-17-15-22-13-8-4-5-9-14-22/h6-7,11-12H,2-5,8-10,13-17H2,1H3,(H,21,23). The average Bonchev–Trinajstić information content (AvgIpc) is 2.89. The summed E-state index contributed by atoms with van der Waals surface area (Å²) in [5.74, 6) is 0.697. The van der Waals surface area contributed by atoms with Crippen molar-refractivity contribution in [1.82, 2.24) is 4.90 Å². The molecule has 2 rings (SSSR count). The maximum absolute atomic E-state index is 12.0. The summed E-state index contributed by atoms with van der Waals surface area (Å²) in [5.41, 5.74) is 0.666. The van der Waals surface area contributed by atoms with Crippen molar-refractivity contribution in [3.8, 4) is 5.75 Å². The number of carbonyl (C=O) groups is 1. The van der Waals surface area contributed by atoms with Gasteiger partial charge in [-0.3, -0.25) is 10.2 Å². The third-order valence-corrected chi connectivity index (χ3v) is 4.47. The Morgan fingerprint density at radius 3 is 2.60 bits per heavy atom. The second kappa shape index (κ2) is 11.7. The van der Waals surface area contributed by atoms with Gasteiger partial charge in [-0.05, 0) is 44.5 Å². The summed E-state index contributed by atoms with van der Waals surface area (Å²) in [5, 5.41) is 2.80. The molecule has 1 amide bonds. The van der Waals surface area contributed by atoms with Gasteiger partial charge in [-0.15, -0.1) is 0 Å². The van der Waals surface area contributed by atoms with E-state index >= 15 is 0 Å². The van der Waals surface area contributed by atoms with Crippen LogP contribution in [0.15, 0.2) is 24.3 Å². The smallest absolute Gasteiger partial charge is 0.411 e. The zero-order valence-corrected chi connectivity index (χ0v) is 15.5. The van der Waals surface area contributed by atoms with E-state index in [1.807, 2.05) is 24.3 Å². The van der Waals surface area contributed by atoms with Gasteiger partial charge in [0.05, 0.1) is 12.3 Å². The normalized spacial score (nSPS) is 15.4. The number of benzene rings is 1. The zero-order valence-electron chi connectivity index (χ0n) is 15.5. The van der Waals surface area contributed by atoms with E-state index in [0.29, 0.717) is 24.7 Å². The van der Waals surface area contributed by atoms with Crippen LogP contribution in [0.5, 0.6) is 5.75 Å². The summed E-state index contributed by atoms with van der Waals surface area (Å²) in [6.07, 6.45) is 8.02. The highest BCUT2D eigenvalue weighted by atomic mass is 16.5. The summed E-state index contributed by atoms with van der Waals surface area (Å²) in [7, 11) is 0. The van der Waals surface area contributed by atoms with Crippen molar-refractivity contribution in [3.63, 3.8) is 0 Å². The minimum Gasteiger partial charge on any atom is -0.491 e. The molecule has 0 radical (unpaired) electrons. The molecule has 0 spiro atoms.